The molecule has 24 heavy (non-hydrogen) atoms. The van der Waals surface area contributed by atoms with E-state index >= 15 is 0 Å². The maximum absolute atomic E-state index is 6.01. The Kier molecular flexibility index (Phi) is 3.90. The van der Waals surface area contributed by atoms with Crippen molar-refractivity contribution in [3.8, 4) is 11.5 Å². The van der Waals surface area contributed by atoms with Gasteiger partial charge in [-0.1, -0.05) is 6.07 Å². The molecule has 4 heteroatoms. The quantitative estimate of drug-likeness (QED) is 0.748. The molecule has 0 amide bonds. The molecule has 0 bridgehead atoms. The molecule has 4 nitrogen and oxygen atoms in total. The van der Waals surface area contributed by atoms with E-state index in [9.17, 15) is 0 Å². The van der Waals surface area contributed by atoms with Gasteiger partial charge in [0.1, 0.15) is 11.5 Å². The summed E-state index contributed by atoms with van der Waals surface area (Å²) in [6.07, 6.45) is 9.35. The smallest absolute Gasteiger partial charge is 0.122 e. The van der Waals surface area contributed by atoms with Crippen molar-refractivity contribution in [2.45, 2.75) is 62.9 Å². The average Bonchev–Trinajstić information content (AvgIpc) is 3.52. The second kappa shape index (κ2) is 6.23. The van der Waals surface area contributed by atoms with Gasteiger partial charge in [-0.15, -0.1) is 0 Å². The number of epoxide rings is 2. The summed E-state index contributed by atoms with van der Waals surface area (Å²) in [7, 11) is 0. The van der Waals surface area contributed by atoms with Crippen LogP contribution in [-0.2, 0) is 9.47 Å². The van der Waals surface area contributed by atoms with Crippen LogP contribution in [0.3, 0.4) is 0 Å². The molecule has 4 fully saturated rings. The zero-order valence-corrected chi connectivity index (χ0v) is 14.1. The average molecular weight is 330 g/mol. The molecule has 5 unspecified atom stereocenters. The highest BCUT2D eigenvalue weighted by Gasteiger charge is 2.44. The lowest BCUT2D eigenvalue weighted by Gasteiger charge is -2.20. The largest absolute Gasteiger partial charge is 0.493 e. The molecule has 0 aromatic heterocycles. The highest BCUT2D eigenvalue weighted by Crippen LogP contribution is 2.40. The lowest BCUT2D eigenvalue weighted by molar-refractivity contribution is 0.208. The zero-order chi connectivity index (χ0) is 15.9. The minimum absolute atomic E-state index is 0.521. The van der Waals surface area contributed by atoms with Gasteiger partial charge in [0.25, 0.3) is 0 Å². The number of benzene rings is 1. The van der Waals surface area contributed by atoms with E-state index in [1.807, 2.05) is 24.3 Å². The van der Waals surface area contributed by atoms with Gasteiger partial charge in [0.05, 0.1) is 37.6 Å². The van der Waals surface area contributed by atoms with E-state index in [0.29, 0.717) is 36.3 Å². The van der Waals surface area contributed by atoms with Gasteiger partial charge in [-0.3, -0.25) is 0 Å². The molecule has 2 saturated carbocycles. The van der Waals surface area contributed by atoms with Crippen LogP contribution in [0.15, 0.2) is 24.3 Å². The van der Waals surface area contributed by atoms with E-state index in [-0.39, 0.29) is 0 Å². The van der Waals surface area contributed by atoms with Crippen LogP contribution in [0.4, 0.5) is 0 Å². The van der Waals surface area contributed by atoms with Crippen molar-refractivity contribution in [2.75, 3.05) is 13.2 Å². The number of rotatable bonds is 6. The third-order valence-electron chi connectivity index (χ3n) is 6.00. The molecule has 1 aromatic rings. The van der Waals surface area contributed by atoms with Crippen LogP contribution < -0.4 is 9.47 Å². The van der Waals surface area contributed by atoms with Crippen LogP contribution in [0, 0.1) is 11.8 Å². The van der Waals surface area contributed by atoms with E-state index in [0.717, 1.165) is 37.6 Å². The summed E-state index contributed by atoms with van der Waals surface area (Å²) in [6, 6.07) is 8.09. The summed E-state index contributed by atoms with van der Waals surface area (Å²) in [6.45, 7) is 1.58. The number of hydrogen-bond donors (Lipinski definition) is 0. The Balaban J connectivity index is 1.10. The van der Waals surface area contributed by atoms with Gasteiger partial charge in [-0.05, 0) is 62.5 Å². The van der Waals surface area contributed by atoms with E-state index in [4.69, 9.17) is 18.9 Å². The molecule has 6 atom stereocenters. The lowest BCUT2D eigenvalue weighted by Crippen LogP contribution is -2.20. The second-order valence-electron chi connectivity index (χ2n) is 7.88. The summed E-state index contributed by atoms with van der Waals surface area (Å²) < 4.78 is 23.2. The maximum atomic E-state index is 6.01. The minimum Gasteiger partial charge on any atom is -0.493 e. The Bertz CT molecular complexity index is 542. The fraction of sp³-hybridized carbons (Fsp3) is 0.700. The molecule has 4 aliphatic rings. The number of hydrogen-bond acceptors (Lipinski definition) is 4. The molecule has 2 aliphatic carbocycles. The van der Waals surface area contributed by atoms with Crippen LogP contribution in [0.25, 0.3) is 0 Å². The van der Waals surface area contributed by atoms with Crippen molar-refractivity contribution in [1.29, 1.82) is 0 Å². The minimum atomic E-state index is 0.521. The van der Waals surface area contributed by atoms with Crippen molar-refractivity contribution in [3.05, 3.63) is 24.3 Å². The molecule has 0 radical (unpaired) electrons. The molecule has 2 saturated heterocycles. The Morgan fingerprint density at radius 1 is 0.750 bits per heavy atom. The summed E-state index contributed by atoms with van der Waals surface area (Å²) in [5.74, 6) is 3.10. The first-order valence-electron chi connectivity index (χ1n) is 9.50. The molecular formula is C20H26O4. The summed E-state index contributed by atoms with van der Waals surface area (Å²) in [5.41, 5.74) is 0. The van der Waals surface area contributed by atoms with Crippen LogP contribution >= 0.6 is 0 Å². The maximum Gasteiger partial charge on any atom is 0.122 e. The fourth-order valence-electron chi connectivity index (χ4n) is 4.36. The molecule has 0 N–H and O–H groups in total. The van der Waals surface area contributed by atoms with Crippen molar-refractivity contribution in [1.82, 2.24) is 0 Å². The Morgan fingerprint density at radius 3 is 1.79 bits per heavy atom. The van der Waals surface area contributed by atoms with Gasteiger partial charge in [-0.25, -0.2) is 0 Å². The molecule has 2 heterocycles. The van der Waals surface area contributed by atoms with Crippen LogP contribution in [-0.4, -0.2) is 37.6 Å². The van der Waals surface area contributed by atoms with Gasteiger partial charge in [-0.2, -0.15) is 0 Å². The van der Waals surface area contributed by atoms with Crippen LogP contribution in [0.5, 0.6) is 11.5 Å². The summed E-state index contributed by atoms with van der Waals surface area (Å²) >= 11 is 0. The SMILES string of the molecule is c1cc(OCC2CCC3OC3C2)cc(OCC2CCC3O[C@H]3C2)c1. The topological polar surface area (TPSA) is 43.5 Å². The first-order valence-corrected chi connectivity index (χ1v) is 9.50. The van der Waals surface area contributed by atoms with Crippen molar-refractivity contribution >= 4 is 0 Å². The van der Waals surface area contributed by atoms with Crippen LogP contribution in [0.2, 0.25) is 0 Å². The first-order chi connectivity index (χ1) is 11.8. The van der Waals surface area contributed by atoms with E-state index in [1.54, 1.807) is 0 Å². The van der Waals surface area contributed by atoms with Crippen molar-refractivity contribution in [2.24, 2.45) is 11.8 Å². The number of ether oxygens (including phenoxy) is 4. The third kappa shape index (κ3) is 3.40. The Morgan fingerprint density at radius 2 is 1.29 bits per heavy atom. The predicted molar refractivity (Wildman–Crippen MR) is 89.4 cm³/mol. The van der Waals surface area contributed by atoms with E-state index in [1.165, 1.54) is 25.7 Å². The van der Waals surface area contributed by atoms with Crippen molar-refractivity contribution in [3.63, 3.8) is 0 Å². The first kappa shape index (κ1) is 15.0. The lowest BCUT2D eigenvalue weighted by atomic mass is 9.90. The number of fused-ring (bicyclic) bond motifs is 2. The van der Waals surface area contributed by atoms with E-state index in [2.05, 4.69) is 0 Å². The normalized spacial score (nSPS) is 39.5. The molecule has 0 spiro atoms. The molecule has 1 aromatic carbocycles. The predicted octanol–water partition coefficient (Wildman–Crippen LogP) is 3.58. The highest BCUT2D eigenvalue weighted by atomic mass is 16.6. The molecule has 5 rings (SSSR count). The summed E-state index contributed by atoms with van der Waals surface area (Å²) in [4.78, 5) is 0. The van der Waals surface area contributed by atoms with Gasteiger partial charge in [0.15, 0.2) is 0 Å². The van der Waals surface area contributed by atoms with Crippen molar-refractivity contribution < 1.29 is 18.9 Å². The second-order valence-corrected chi connectivity index (χ2v) is 7.88. The van der Waals surface area contributed by atoms with Gasteiger partial charge < -0.3 is 18.9 Å². The van der Waals surface area contributed by atoms with Crippen LogP contribution in [0.1, 0.15) is 38.5 Å². The molecule has 130 valence electrons. The molecular weight excluding hydrogens is 304 g/mol. The molecule has 2 aliphatic heterocycles. The Labute approximate surface area is 143 Å². The van der Waals surface area contributed by atoms with Gasteiger partial charge in [0, 0.05) is 6.07 Å². The highest BCUT2D eigenvalue weighted by molar-refractivity contribution is 5.33. The monoisotopic (exact) mass is 330 g/mol. The van der Waals surface area contributed by atoms with Gasteiger partial charge in [0.2, 0.25) is 0 Å². The zero-order valence-electron chi connectivity index (χ0n) is 14.1. The summed E-state index contributed by atoms with van der Waals surface area (Å²) in [5, 5.41) is 0. The van der Waals surface area contributed by atoms with Gasteiger partial charge >= 0.3 is 0 Å². The van der Waals surface area contributed by atoms with E-state index < -0.39 is 0 Å². The standard InChI is InChI=1S/C20H26O4/c1-2-15(21-11-13-4-6-17-19(8-13)23-17)10-16(3-1)22-12-14-5-7-18-20(9-14)24-18/h1-3,10,13-14,17-20H,4-9,11-12H2/t13?,14?,17?,18?,19-,20?/m0/s1. The fourth-order valence-corrected chi connectivity index (χ4v) is 4.36. The Hall–Kier alpha value is -1.26. The third-order valence-corrected chi connectivity index (χ3v) is 6.00.